The Morgan fingerprint density at radius 2 is 1.76 bits per heavy atom. The molecule has 128 valence electrons. The van der Waals surface area contributed by atoms with Crippen molar-refractivity contribution < 1.29 is 19.4 Å². The number of methoxy groups -OCH3 is 2. The van der Waals surface area contributed by atoms with Crippen LogP contribution in [0.3, 0.4) is 0 Å². The number of benzene rings is 2. The van der Waals surface area contributed by atoms with Crippen LogP contribution in [0, 0.1) is 0 Å². The molecule has 1 amide bonds. The Kier molecular flexibility index (Phi) is 4.51. The van der Waals surface area contributed by atoms with Gasteiger partial charge in [0.1, 0.15) is 0 Å². The first-order valence-electron chi connectivity index (χ1n) is 7.35. The van der Waals surface area contributed by atoms with E-state index in [0.717, 1.165) is 5.69 Å². The first-order valence-corrected chi connectivity index (χ1v) is 7.35. The summed E-state index contributed by atoms with van der Waals surface area (Å²) in [4.78, 5) is 12.4. The number of phenols is 1. The molecule has 3 rings (SSSR count). The van der Waals surface area contributed by atoms with Gasteiger partial charge < -0.3 is 19.9 Å². The Morgan fingerprint density at radius 3 is 2.28 bits per heavy atom. The number of nitrogens with one attached hydrogen (secondary N) is 1. The SMILES string of the molecule is COc1cc(C(=O)Nc2ccc(-n3ccnn3)cc2)cc(OC)c1O. The van der Waals surface area contributed by atoms with Crippen molar-refractivity contribution in [3.05, 3.63) is 54.4 Å². The van der Waals surface area contributed by atoms with Crippen LogP contribution in [0.5, 0.6) is 17.2 Å². The van der Waals surface area contributed by atoms with Gasteiger partial charge in [-0.25, -0.2) is 4.68 Å². The van der Waals surface area contributed by atoms with E-state index < -0.39 is 0 Å². The number of hydrogen-bond acceptors (Lipinski definition) is 6. The summed E-state index contributed by atoms with van der Waals surface area (Å²) < 4.78 is 11.7. The molecule has 3 aromatic rings. The fourth-order valence-corrected chi connectivity index (χ4v) is 2.27. The highest BCUT2D eigenvalue weighted by Gasteiger charge is 2.15. The van der Waals surface area contributed by atoms with E-state index in [1.807, 2.05) is 12.1 Å². The molecular weight excluding hydrogens is 324 g/mol. The fraction of sp³-hybridized carbons (Fsp3) is 0.118. The van der Waals surface area contributed by atoms with E-state index in [1.165, 1.54) is 26.4 Å². The van der Waals surface area contributed by atoms with Gasteiger partial charge in [0.05, 0.1) is 32.3 Å². The van der Waals surface area contributed by atoms with E-state index in [0.29, 0.717) is 11.3 Å². The van der Waals surface area contributed by atoms with Crippen molar-refractivity contribution in [1.82, 2.24) is 15.0 Å². The molecule has 0 aliphatic heterocycles. The summed E-state index contributed by atoms with van der Waals surface area (Å²) in [5.74, 6) is -0.194. The first-order chi connectivity index (χ1) is 12.1. The number of amides is 1. The van der Waals surface area contributed by atoms with Gasteiger partial charge in [-0.1, -0.05) is 5.21 Å². The lowest BCUT2D eigenvalue weighted by Gasteiger charge is -2.11. The zero-order valence-electron chi connectivity index (χ0n) is 13.6. The summed E-state index contributed by atoms with van der Waals surface area (Å²) >= 11 is 0. The molecule has 1 aromatic heterocycles. The summed E-state index contributed by atoms with van der Waals surface area (Å²) in [6.45, 7) is 0. The molecule has 8 nitrogen and oxygen atoms in total. The fourth-order valence-electron chi connectivity index (χ4n) is 2.27. The molecule has 0 saturated carbocycles. The lowest BCUT2D eigenvalue weighted by Crippen LogP contribution is -2.12. The van der Waals surface area contributed by atoms with E-state index in [-0.39, 0.29) is 23.2 Å². The predicted octanol–water partition coefficient (Wildman–Crippen LogP) is 2.24. The number of anilines is 1. The van der Waals surface area contributed by atoms with Gasteiger partial charge in [-0.15, -0.1) is 5.10 Å². The Morgan fingerprint density at radius 1 is 1.12 bits per heavy atom. The second-order valence-electron chi connectivity index (χ2n) is 5.08. The van der Waals surface area contributed by atoms with Crippen molar-refractivity contribution in [3.8, 4) is 22.9 Å². The normalized spacial score (nSPS) is 10.3. The molecule has 0 unspecified atom stereocenters. The third kappa shape index (κ3) is 3.37. The lowest BCUT2D eigenvalue weighted by molar-refractivity contribution is 0.102. The molecule has 0 bridgehead atoms. The van der Waals surface area contributed by atoms with Crippen LogP contribution >= 0.6 is 0 Å². The van der Waals surface area contributed by atoms with E-state index in [2.05, 4.69) is 15.6 Å². The van der Waals surface area contributed by atoms with Crippen LogP contribution in [0.4, 0.5) is 5.69 Å². The van der Waals surface area contributed by atoms with Gasteiger partial charge in [-0.2, -0.15) is 0 Å². The molecule has 0 radical (unpaired) electrons. The summed E-state index contributed by atoms with van der Waals surface area (Å²) in [6, 6.07) is 10.0. The van der Waals surface area contributed by atoms with Gasteiger partial charge in [0.15, 0.2) is 11.5 Å². The molecular formula is C17H16N4O4. The van der Waals surface area contributed by atoms with Gasteiger partial charge in [0.2, 0.25) is 5.75 Å². The monoisotopic (exact) mass is 340 g/mol. The number of carbonyl (C=O) groups excluding carboxylic acids is 1. The molecule has 0 aliphatic carbocycles. The van der Waals surface area contributed by atoms with Gasteiger partial charge in [-0.05, 0) is 36.4 Å². The summed E-state index contributed by atoms with van der Waals surface area (Å²) in [6.07, 6.45) is 3.31. The molecule has 8 heteroatoms. The molecule has 0 aliphatic rings. The topological polar surface area (TPSA) is 98.5 Å². The van der Waals surface area contributed by atoms with Crippen molar-refractivity contribution in [1.29, 1.82) is 0 Å². The van der Waals surface area contributed by atoms with Crippen molar-refractivity contribution in [3.63, 3.8) is 0 Å². The quantitative estimate of drug-likeness (QED) is 0.739. The zero-order chi connectivity index (χ0) is 17.8. The second kappa shape index (κ2) is 6.91. The van der Waals surface area contributed by atoms with Crippen molar-refractivity contribution in [2.45, 2.75) is 0 Å². The smallest absolute Gasteiger partial charge is 0.255 e. The lowest BCUT2D eigenvalue weighted by atomic mass is 10.1. The minimum atomic E-state index is -0.356. The highest BCUT2D eigenvalue weighted by atomic mass is 16.5. The molecule has 1 heterocycles. The molecule has 2 N–H and O–H groups in total. The molecule has 0 fully saturated rings. The minimum absolute atomic E-state index is 0.154. The number of phenolic OH excluding ortho intramolecular Hbond substituents is 1. The highest BCUT2D eigenvalue weighted by molar-refractivity contribution is 6.05. The maximum atomic E-state index is 12.4. The molecule has 0 atom stereocenters. The Bertz CT molecular complexity index is 851. The maximum Gasteiger partial charge on any atom is 0.255 e. The first kappa shape index (κ1) is 16.3. The third-order valence-electron chi connectivity index (χ3n) is 3.55. The van der Waals surface area contributed by atoms with E-state index >= 15 is 0 Å². The van der Waals surface area contributed by atoms with Gasteiger partial charge in [0, 0.05) is 11.3 Å². The largest absolute Gasteiger partial charge is 0.502 e. The molecule has 0 spiro atoms. The summed E-state index contributed by atoms with van der Waals surface area (Å²) in [5, 5.41) is 20.3. The van der Waals surface area contributed by atoms with Crippen LogP contribution in [0.15, 0.2) is 48.8 Å². The second-order valence-corrected chi connectivity index (χ2v) is 5.08. The van der Waals surface area contributed by atoms with Gasteiger partial charge in [-0.3, -0.25) is 4.79 Å². The number of hydrogen-bond donors (Lipinski definition) is 2. The van der Waals surface area contributed by atoms with Crippen molar-refractivity contribution >= 4 is 11.6 Å². The van der Waals surface area contributed by atoms with Crippen LogP contribution in [0.2, 0.25) is 0 Å². The van der Waals surface area contributed by atoms with Crippen molar-refractivity contribution in [2.75, 3.05) is 19.5 Å². The third-order valence-corrected chi connectivity index (χ3v) is 3.55. The number of rotatable bonds is 5. The number of ether oxygens (including phenoxy) is 2. The van der Waals surface area contributed by atoms with E-state index in [1.54, 1.807) is 29.2 Å². The maximum absolute atomic E-state index is 12.4. The van der Waals surface area contributed by atoms with E-state index in [4.69, 9.17) is 9.47 Å². The average Bonchev–Trinajstić information content (AvgIpc) is 3.17. The summed E-state index contributed by atoms with van der Waals surface area (Å²) in [7, 11) is 2.80. The molecule has 0 saturated heterocycles. The summed E-state index contributed by atoms with van der Waals surface area (Å²) in [5.41, 5.74) is 1.73. The Labute approximate surface area is 143 Å². The number of carbonyl (C=O) groups is 1. The highest BCUT2D eigenvalue weighted by Crippen LogP contribution is 2.37. The number of aromatic nitrogens is 3. The standard InChI is InChI=1S/C17H16N4O4/c1-24-14-9-11(10-15(25-2)16(14)22)17(23)19-12-3-5-13(6-4-12)21-8-7-18-20-21/h3-10,22H,1-2H3,(H,19,23). The Balaban J connectivity index is 1.80. The molecule has 25 heavy (non-hydrogen) atoms. The van der Waals surface area contributed by atoms with Gasteiger partial charge in [0.25, 0.3) is 5.91 Å². The number of nitrogens with zero attached hydrogens (tertiary/aromatic N) is 3. The van der Waals surface area contributed by atoms with Crippen molar-refractivity contribution in [2.24, 2.45) is 0 Å². The predicted molar refractivity (Wildman–Crippen MR) is 90.5 cm³/mol. The molecule has 2 aromatic carbocycles. The van der Waals surface area contributed by atoms with Crippen LogP contribution in [-0.2, 0) is 0 Å². The van der Waals surface area contributed by atoms with Crippen LogP contribution in [-0.4, -0.2) is 40.2 Å². The van der Waals surface area contributed by atoms with Crippen LogP contribution in [0.25, 0.3) is 5.69 Å². The Hall–Kier alpha value is -3.55. The zero-order valence-corrected chi connectivity index (χ0v) is 13.6. The van der Waals surface area contributed by atoms with Gasteiger partial charge >= 0.3 is 0 Å². The minimum Gasteiger partial charge on any atom is -0.502 e. The van der Waals surface area contributed by atoms with E-state index in [9.17, 15) is 9.90 Å². The van der Waals surface area contributed by atoms with Crippen LogP contribution in [0.1, 0.15) is 10.4 Å². The average molecular weight is 340 g/mol. The van der Waals surface area contributed by atoms with Crippen LogP contribution < -0.4 is 14.8 Å². The number of aromatic hydroxyl groups is 1.